The number of hydrogen-bond acceptors (Lipinski definition) is 4. The minimum absolute atomic E-state index is 0.0206. The lowest BCUT2D eigenvalue weighted by Crippen LogP contribution is -2.50. The van der Waals surface area contributed by atoms with E-state index in [0.29, 0.717) is 12.2 Å². The molecule has 1 aliphatic rings. The van der Waals surface area contributed by atoms with E-state index in [1.807, 2.05) is 54.7 Å². The number of aromatic nitrogens is 1. The van der Waals surface area contributed by atoms with Crippen molar-refractivity contribution in [2.45, 2.75) is 0 Å². The number of hydrogen-bond donors (Lipinski definition) is 1. The van der Waals surface area contributed by atoms with Crippen LogP contribution in [-0.2, 0) is 0 Å². The molecule has 1 aromatic heterocycles. The minimum Gasteiger partial charge on any atom is -0.354 e. The van der Waals surface area contributed by atoms with Crippen molar-refractivity contribution in [2.75, 3.05) is 37.7 Å². The van der Waals surface area contributed by atoms with Crippen molar-refractivity contribution in [2.24, 2.45) is 0 Å². The predicted molar refractivity (Wildman–Crippen MR) is 86.8 cm³/mol. The van der Waals surface area contributed by atoms with E-state index in [2.05, 4.69) is 20.1 Å². The van der Waals surface area contributed by atoms with Gasteiger partial charge in [-0.25, -0.2) is 4.98 Å². The van der Waals surface area contributed by atoms with Gasteiger partial charge in [0.2, 0.25) is 0 Å². The van der Waals surface area contributed by atoms with Gasteiger partial charge in [0, 0.05) is 37.9 Å². The van der Waals surface area contributed by atoms with E-state index in [9.17, 15) is 4.79 Å². The first-order valence-electron chi connectivity index (χ1n) is 7.54. The summed E-state index contributed by atoms with van der Waals surface area (Å²) in [4.78, 5) is 20.9. The van der Waals surface area contributed by atoms with Crippen LogP contribution in [0.4, 0.5) is 5.82 Å². The quantitative estimate of drug-likeness (QED) is 0.931. The summed E-state index contributed by atoms with van der Waals surface area (Å²) in [5.74, 6) is 1.00. The molecule has 5 heteroatoms. The molecule has 1 aromatic carbocycles. The lowest BCUT2D eigenvalue weighted by atomic mass is 10.2. The average Bonchev–Trinajstić information content (AvgIpc) is 2.61. The van der Waals surface area contributed by atoms with Gasteiger partial charge in [-0.2, -0.15) is 0 Å². The third-order valence-corrected chi connectivity index (χ3v) is 3.84. The van der Waals surface area contributed by atoms with Gasteiger partial charge in [0.25, 0.3) is 5.91 Å². The number of nitrogens with zero attached hydrogens (tertiary/aromatic N) is 3. The summed E-state index contributed by atoms with van der Waals surface area (Å²) in [6.45, 7) is 4.29. The van der Waals surface area contributed by atoms with Crippen LogP contribution < -0.4 is 10.2 Å². The summed E-state index contributed by atoms with van der Waals surface area (Å²) in [6.07, 6.45) is 1.82. The molecule has 22 heavy (non-hydrogen) atoms. The molecule has 1 aliphatic heterocycles. The second-order valence-corrected chi connectivity index (χ2v) is 5.32. The van der Waals surface area contributed by atoms with Gasteiger partial charge in [-0.05, 0) is 24.3 Å². The Balaban J connectivity index is 1.45. The highest BCUT2D eigenvalue weighted by Gasteiger charge is 2.18. The van der Waals surface area contributed by atoms with Gasteiger partial charge in [-0.1, -0.05) is 24.3 Å². The van der Waals surface area contributed by atoms with Crippen molar-refractivity contribution in [1.29, 1.82) is 0 Å². The molecule has 2 aromatic rings. The Morgan fingerprint density at radius 3 is 2.41 bits per heavy atom. The molecule has 0 unspecified atom stereocenters. The molecule has 0 saturated carbocycles. The zero-order chi connectivity index (χ0) is 15.2. The summed E-state index contributed by atoms with van der Waals surface area (Å²) in [5, 5.41) is 2.98. The standard InChI is InChI=1S/C17H20N4O/c22-17(15-6-2-1-3-7-15)19-14-20-10-12-21(13-11-20)16-8-4-5-9-18-16/h1-9H,10-14H2,(H,19,22). The molecular weight excluding hydrogens is 276 g/mol. The van der Waals surface area contributed by atoms with Gasteiger partial charge in [-0.3, -0.25) is 9.69 Å². The number of anilines is 1. The zero-order valence-corrected chi connectivity index (χ0v) is 12.5. The number of pyridine rings is 1. The molecule has 1 fully saturated rings. The van der Waals surface area contributed by atoms with Crippen LogP contribution in [0, 0.1) is 0 Å². The van der Waals surface area contributed by atoms with Crippen LogP contribution in [0.25, 0.3) is 0 Å². The third kappa shape index (κ3) is 3.62. The molecule has 0 atom stereocenters. The summed E-state index contributed by atoms with van der Waals surface area (Å²) in [5.41, 5.74) is 0.703. The van der Waals surface area contributed by atoms with E-state index in [-0.39, 0.29) is 5.91 Å². The van der Waals surface area contributed by atoms with E-state index in [0.717, 1.165) is 32.0 Å². The Morgan fingerprint density at radius 1 is 1.00 bits per heavy atom. The van der Waals surface area contributed by atoms with Crippen molar-refractivity contribution in [3.8, 4) is 0 Å². The Labute approximate surface area is 130 Å². The SMILES string of the molecule is O=C(NCN1CCN(c2ccccn2)CC1)c1ccccc1. The summed E-state index contributed by atoms with van der Waals surface area (Å²) in [7, 11) is 0. The number of benzene rings is 1. The maximum absolute atomic E-state index is 12.0. The van der Waals surface area contributed by atoms with Gasteiger partial charge in [0.1, 0.15) is 5.82 Å². The van der Waals surface area contributed by atoms with Crippen molar-refractivity contribution < 1.29 is 4.79 Å². The van der Waals surface area contributed by atoms with Crippen molar-refractivity contribution >= 4 is 11.7 Å². The number of nitrogens with one attached hydrogen (secondary N) is 1. The number of piperazine rings is 1. The summed E-state index contributed by atoms with van der Waals surface area (Å²) < 4.78 is 0. The molecule has 0 spiro atoms. The predicted octanol–water partition coefficient (Wildman–Crippen LogP) is 1.59. The molecule has 1 N–H and O–H groups in total. The van der Waals surface area contributed by atoms with Crippen LogP contribution in [0.2, 0.25) is 0 Å². The largest absolute Gasteiger partial charge is 0.354 e. The zero-order valence-electron chi connectivity index (χ0n) is 12.5. The van der Waals surface area contributed by atoms with Crippen molar-refractivity contribution in [3.05, 3.63) is 60.3 Å². The molecule has 2 heterocycles. The fourth-order valence-electron chi connectivity index (χ4n) is 2.55. The molecule has 3 rings (SSSR count). The lowest BCUT2D eigenvalue weighted by molar-refractivity contribution is 0.0920. The van der Waals surface area contributed by atoms with Gasteiger partial charge in [0.05, 0.1) is 6.67 Å². The maximum Gasteiger partial charge on any atom is 0.252 e. The molecule has 114 valence electrons. The van der Waals surface area contributed by atoms with Crippen LogP contribution in [0.5, 0.6) is 0 Å². The van der Waals surface area contributed by atoms with E-state index < -0.39 is 0 Å². The van der Waals surface area contributed by atoms with Crippen LogP contribution in [0.3, 0.4) is 0 Å². The fourth-order valence-corrected chi connectivity index (χ4v) is 2.55. The molecule has 1 amide bonds. The van der Waals surface area contributed by atoms with Gasteiger partial charge >= 0.3 is 0 Å². The molecule has 0 aliphatic carbocycles. The number of rotatable bonds is 4. The Hall–Kier alpha value is -2.40. The second kappa shape index (κ2) is 7.04. The third-order valence-electron chi connectivity index (χ3n) is 3.84. The van der Waals surface area contributed by atoms with Gasteiger partial charge < -0.3 is 10.2 Å². The maximum atomic E-state index is 12.0. The van der Waals surface area contributed by atoms with Crippen LogP contribution >= 0.6 is 0 Å². The van der Waals surface area contributed by atoms with E-state index in [1.165, 1.54) is 0 Å². The topological polar surface area (TPSA) is 48.5 Å². The van der Waals surface area contributed by atoms with Gasteiger partial charge in [-0.15, -0.1) is 0 Å². The van der Waals surface area contributed by atoms with E-state index >= 15 is 0 Å². The first-order chi connectivity index (χ1) is 10.8. The normalized spacial score (nSPS) is 15.5. The monoisotopic (exact) mass is 296 g/mol. The Kier molecular flexibility index (Phi) is 4.65. The summed E-state index contributed by atoms with van der Waals surface area (Å²) >= 11 is 0. The van der Waals surface area contributed by atoms with E-state index in [1.54, 1.807) is 0 Å². The van der Waals surface area contributed by atoms with Crippen molar-refractivity contribution in [1.82, 2.24) is 15.2 Å². The minimum atomic E-state index is -0.0206. The smallest absolute Gasteiger partial charge is 0.252 e. The van der Waals surface area contributed by atoms with E-state index in [4.69, 9.17) is 0 Å². The molecular formula is C17H20N4O. The molecule has 5 nitrogen and oxygen atoms in total. The lowest BCUT2D eigenvalue weighted by Gasteiger charge is -2.35. The first-order valence-corrected chi connectivity index (χ1v) is 7.54. The number of amides is 1. The molecule has 0 bridgehead atoms. The van der Waals surface area contributed by atoms with Crippen LogP contribution in [-0.4, -0.2) is 48.6 Å². The molecule has 0 radical (unpaired) electrons. The Morgan fingerprint density at radius 2 is 1.73 bits per heavy atom. The fraction of sp³-hybridized carbons (Fsp3) is 0.294. The number of carbonyl (C=O) groups is 1. The second-order valence-electron chi connectivity index (χ2n) is 5.32. The molecule has 1 saturated heterocycles. The highest BCUT2D eigenvalue weighted by atomic mass is 16.1. The highest BCUT2D eigenvalue weighted by molar-refractivity contribution is 5.94. The van der Waals surface area contributed by atoms with Crippen LogP contribution in [0.1, 0.15) is 10.4 Å². The highest BCUT2D eigenvalue weighted by Crippen LogP contribution is 2.11. The van der Waals surface area contributed by atoms with Crippen LogP contribution in [0.15, 0.2) is 54.7 Å². The first kappa shape index (κ1) is 14.5. The number of carbonyl (C=O) groups excluding carboxylic acids is 1. The van der Waals surface area contributed by atoms with Gasteiger partial charge in [0.15, 0.2) is 0 Å². The summed E-state index contributed by atoms with van der Waals surface area (Å²) in [6, 6.07) is 15.3. The Bertz CT molecular complexity index is 595. The van der Waals surface area contributed by atoms with Crippen molar-refractivity contribution in [3.63, 3.8) is 0 Å². The average molecular weight is 296 g/mol.